The molecule has 2 N–H and O–H groups in total. The molecule has 0 bridgehead atoms. The summed E-state index contributed by atoms with van der Waals surface area (Å²) < 4.78 is 19.9. The van der Waals surface area contributed by atoms with Crippen LogP contribution in [-0.2, 0) is 11.3 Å². The molecule has 0 saturated heterocycles. The van der Waals surface area contributed by atoms with E-state index in [1.165, 1.54) is 11.3 Å². The molecule has 2 fully saturated rings. The molecule has 34 heavy (non-hydrogen) atoms. The van der Waals surface area contributed by atoms with Crippen LogP contribution in [0.5, 0.6) is 5.88 Å². The minimum absolute atomic E-state index is 0.256. The van der Waals surface area contributed by atoms with Gasteiger partial charge in [0.15, 0.2) is 0 Å². The lowest BCUT2D eigenvalue weighted by molar-refractivity contribution is -0.123. The van der Waals surface area contributed by atoms with Gasteiger partial charge in [0.2, 0.25) is 11.8 Å². The molecule has 0 radical (unpaired) electrons. The highest BCUT2D eigenvalue weighted by Crippen LogP contribution is 2.34. The fourth-order valence-corrected chi connectivity index (χ4v) is 5.95. The molecule has 3 unspecified atom stereocenters. The van der Waals surface area contributed by atoms with E-state index in [9.17, 15) is 14.0 Å². The summed E-state index contributed by atoms with van der Waals surface area (Å²) in [4.78, 5) is 33.9. The molecule has 3 atom stereocenters. The number of ether oxygens (including phenoxy) is 1. The number of nitrogens with one attached hydrogen (secondary N) is 2. The Balaban J connectivity index is 1.24. The molecule has 182 valence electrons. The van der Waals surface area contributed by atoms with Gasteiger partial charge in [-0.2, -0.15) is 0 Å². The summed E-state index contributed by atoms with van der Waals surface area (Å²) in [7, 11) is 0. The van der Waals surface area contributed by atoms with Crippen molar-refractivity contribution >= 4 is 44.8 Å². The van der Waals surface area contributed by atoms with E-state index in [1.54, 1.807) is 12.3 Å². The normalized spacial score (nSPS) is 22.6. The number of nitrogens with zero attached hydrogens (tertiary/aromatic N) is 2. The average molecular weight is 551 g/mol. The van der Waals surface area contributed by atoms with Crippen LogP contribution in [-0.4, -0.2) is 48.2 Å². The zero-order chi connectivity index (χ0) is 23.7. The van der Waals surface area contributed by atoms with Crippen LogP contribution >= 0.6 is 27.3 Å². The summed E-state index contributed by atoms with van der Waals surface area (Å²) in [6, 6.07) is 4.69. The summed E-state index contributed by atoms with van der Waals surface area (Å²) in [6.45, 7) is 1.92. The monoisotopic (exact) mass is 550 g/mol. The summed E-state index contributed by atoms with van der Waals surface area (Å²) in [5.41, 5.74) is 0.916. The lowest BCUT2D eigenvalue weighted by Gasteiger charge is -2.30. The predicted molar refractivity (Wildman–Crippen MR) is 132 cm³/mol. The summed E-state index contributed by atoms with van der Waals surface area (Å²) in [5, 5.41) is 5.69. The van der Waals surface area contributed by atoms with Gasteiger partial charge in [0.1, 0.15) is 24.5 Å². The number of carbonyl (C=O) groups is 2. The molecule has 2 saturated carbocycles. The average Bonchev–Trinajstić information content (AvgIpc) is 3.21. The van der Waals surface area contributed by atoms with E-state index < -0.39 is 18.3 Å². The van der Waals surface area contributed by atoms with Crippen molar-refractivity contribution in [3.8, 4) is 5.88 Å². The molecule has 3 heterocycles. The van der Waals surface area contributed by atoms with Crippen LogP contribution in [0.1, 0.15) is 53.1 Å². The molecule has 10 heteroatoms. The number of hydrogen-bond donors (Lipinski definition) is 2. The first-order valence-electron chi connectivity index (χ1n) is 11.8. The maximum Gasteiger partial charge on any atom is 0.262 e. The number of hydrogen-bond acceptors (Lipinski definition) is 6. The van der Waals surface area contributed by atoms with Crippen LogP contribution in [0, 0.1) is 5.92 Å². The SMILES string of the molecule is O=C(NC(CC1CCCC1)C(=O)NC1CC1F)c1ccc(CN2CCOc3ncc(Br)cc32)s1. The standard InChI is InChI=1S/C24H28BrFN4O3S/c25-15-10-20-24(27-12-15)33-8-7-30(20)13-16-5-6-21(34-16)23(32)29-19(9-14-3-1-2-4-14)22(31)28-18-11-17(18)26/h5-6,10,12,14,17-19H,1-4,7-9,11,13H2,(H,28,31)(H,29,32). The predicted octanol–water partition coefficient (Wildman–Crippen LogP) is 4.21. The van der Waals surface area contributed by atoms with Crippen LogP contribution in [0.3, 0.4) is 0 Å². The third-order valence-corrected chi connectivity index (χ3v) is 8.18. The van der Waals surface area contributed by atoms with E-state index in [2.05, 4.69) is 36.4 Å². The summed E-state index contributed by atoms with van der Waals surface area (Å²) in [5.74, 6) is 0.500. The van der Waals surface area contributed by atoms with Crippen LogP contribution < -0.4 is 20.3 Å². The van der Waals surface area contributed by atoms with E-state index in [1.807, 2.05) is 12.1 Å². The summed E-state index contributed by atoms with van der Waals surface area (Å²) >= 11 is 4.88. The van der Waals surface area contributed by atoms with Gasteiger partial charge >= 0.3 is 0 Å². The minimum Gasteiger partial charge on any atom is -0.474 e. The van der Waals surface area contributed by atoms with Gasteiger partial charge in [-0.05, 0) is 46.5 Å². The number of rotatable bonds is 8. The Morgan fingerprint density at radius 1 is 1.32 bits per heavy atom. The maximum atomic E-state index is 13.3. The molecule has 2 amide bonds. The van der Waals surface area contributed by atoms with Crippen molar-refractivity contribution in [1.29, 1.82) is 0 Å². The molecule has 0 spiro atoms. The Bertz CT molecular complexity index is 1060. The fourth-order valence-electron chi connectivity index (χ4n) is 4.70. The molecular weight excluding hydrogens is 523 g/mol. The van der Waals surface area contributed by atoms with Gasteiger partial charge in [0, 0.05) is 22.0 Å². The number of pyridine rings is 1. The first-order chi connectivity index (χ1) is 16.5. The second-order valence-electron chi connectivity index (χ2n) is 9.29. The molecule has 2 aromatic heterocycles. The zero-order valence-corrected chi connectivity index (χ0v) is 21.2. The first-order valence-corrected chi connectivity index (χ1v) is 13.4. The molecule has 2 aromatic rings. The number of fused-ring (bicyclic) bond motifs is 1. The topological polar surface area (TPSA) is 83.6 Å². The first kappa shape index (κ1) is 23.5. The third kappa shape index (κ3) is 5.54. The van der Waals surface area contributed by atoms with Gasteiger partial charge in [-0.25, -0.2) is 9.37 Å². The molecule has 1 aliphatic heterocycles. The highest BCUT2D eigenvalue weighted by molar-refractivity contribution is 9.10. The van der Waals surface area contributed by atoms with Crippen molar-refractivity contribution in [1.82, 2.24) is 15.6 Å². The Morgan fingerprint density at radius 2 is 2.12 bits per heavy atom. The summed E-state index contributed by atoms with van der Waals surface area (Å²) in [6.07, 6.45) is 6.18. The van der Waals surface area contributed by atoms with Gasteiger partial charge in [-0.1, -0.05) is 25.7 Å². The minimum atomic E-state index is -0.965. The van der Waals surface area contributed by atoms with Crippen LogP contribution in [0.4, 0.5) is 10.1 Å². The zero-order valence-electron chi connectivity index (χ0n) is 18.8. The molecule has 0 aromatic carbocycles. The number of thiophene rings is 1. The van der Waals surface area contributed by atoms with Crippen molar-refractivity contribution < 1.29 is 18.7 Å². The highest BCUT2D eigenvalue weighted by atomic mass is 79.9. The molecule has 5 rings (SSSR count). The number of aromatic nitrogens is 1. The quantitative estimate of drug-likeness (QED) is 0.514. The molecule has 3 aliphatic rings. The fraction of sp³-hybridized carbons (Fsp3) is 0.542. The lowest BCUT2D eigenvalue weighted by atomic mass is 9.97. The molecule has 2 aliphatic carbocycles. The van der Waals surface area contributed by atoms with Crippen molar-refractivity contribution in [2.75, 3.05) is 18.1 Å². The van der Waals surface area contributed by atoms with Crippen molar-refractivity contribution in [2.24, 2.45) is 5.92 Å². The van der Waals surface area contributed by atoms with Crippen LogP contribution in [0.15, 0.2) is 28.9 Å². The van der Waals surface area contributed by atoms with E-state index in [0.717, 1.165) is 47.3 Å². The van der Waals surface area contributed by atoms with Gasteiger partial charge in [0.05, 0.1) is 24.0 Å². The molecular formula is C24H28BrFN4O3S. The Labute approximate surface area is 210 Å². The van der Waals surface area contributed by atoms with Crippen molar-refractivity contribution in [2.45, 2.75) is 63.3 Å². The number of anilines is 1. The largest absolute Gasteiger partial charge is 0.474 e. The highest BCUT2D eigenvalue weighted by Gasteiger charge is 2.40. The number of halogens is 2. The van der Waals surface area contributed by atoms with Crippen LogP contribution in [0.2, 0.25) is 0 Å². The van der Waals surface area contributed by atoms with Gasteiger partial charge in [-0.15, -0.1) is 11.3 Å². The Hall–Kier alpha value is -2.20. The number of amides is 2. The Kier molecular flexibility index (Phi) is 7.06. The van der Waals surface area contributed by atoms with Gasteiger partial charge in [0.25, 0.3) is 5.91 Å². The Morgan fingerprint density at radius 3 is 2.88 bits per heavy atom. The second-order valence-corrected chi connectivity index (χ2v) is 11.4. The van der Waals surface area contributed by atoms with Gasteiger partial charge in [-0.3, -0.25) is 9.59 Å². The van der Waals surface area contributed by atoms with Crippen molar-refractivity contribution in [3.63, 3.8) is 0 Å². The van der Waals surface area contributed by atoms with E-state index in [-0.39, 0.29) is 11.8 Å². The van der Waals surface area contributed by atoms with Crippen LogP contribution in [0.25, 0.3) is 0 Å². The van der Waals surface area contributed by atoms with Crippen molar-refractivity contribution in [3.05, 3.63) is 38.6 Å². The number of alkyl halides is 1. The van der Waals surface area contributed by atoms with E-state index >= 15 is 0 Å². The smallest absolute Gasteiger partial charge is 0.262 e. The van der Waals surface area contributed by atoms with Gasteiger partial charge < -0.3 is 20.3 Å². The second kappa shape index (κ2) is 10.2. The van der Waals surface area contributed by atoms with E-state index in [4.69, 9.17) is 4.74 Å². The number of carbonyl (C=O) groups excluding carboxylic acids is 2. The van der Waals surface area contributed by atoms with E-state index in [0.29, 0.717) is 42.7 Å². The molecule has 7 nitrogen and oxygen atoms in total. The lowest BCUT2D eigenvalue weighted by Crippen LogP contribution is -2.48. The third-order valence-electron chi connectivity index (χ3n) is 6.68. The maximum absolute atomic E-state index is 13.3.